The van der Waals surface area contributed by atoms with E-state index in [2.05, 4.69) is 11.9 Å². The highest BCUT2D eigenvalue weighted by molar-refractivity contribution is 6.30. The predicted octanol–water partition coefficient (Wildman–Crippen LogP) is 5.88. The lowest BCUT2D eigenvalue weighted by atomic mass is 10.0. The monoisotopic (exact) mass is 472 g/mol. The van der Waals surface area contributed by atoms with Crippen LogP contribution in [0.3, 0.4) is 0 Å². The molecule has 1 amide bonds. The molecule has 0 fully saturated rings. The minimum absolute atomic E-state index is 0.00244. The Morgan fingerprint density at radius 3 is 2.50 bits per heavy atom. The summed E-state index contributed by atoms with van der Waals surface area (Å²) in [5.41, 5.74) is 3.39. The molecule has 3 aromatic rings. The molecule has 34 heavy (non-hydrogen) atoms. The van der Waals surface area contributed by atoms with Gasteiger partial charge in [0.05, 0.1) is 7.11 Å². The van der Waals surface area contributed by atoms with Crippen molar-refractivity contribution in [3.05, 3.63) is 112 Å². The fraction of sp³-hybridized carbons (Fsp3) is 0.143. The van der Waals surface area contributed by atoms with Gasteiger partial charge in [-0.05, 0) is 53.5 Å². The van der Waals surface area contributed by atoms with Crippen LogP contribution in [0.4, 0.5) is 0 Å². The number of ether oxygens (including phenoxy) is 2. The minimum atomic E-state index is -0.446. The maximum atomic E-state index is 12.6. The topological polar surface area (TPSA) is 71.4 Å². The van der Waals surface area contributed by atoms with Gasteiger partial charge in [-0.1, -0.05) is 60.1 Å². The van der Waals surface area contributed by atoms with Gasteiger partial charge < -0.3 is 14.8 Å². The molecule has 3 rings (SSSR count). The van der Waals surface area contributed by atoms with Gasteiger partial charge in [0.25, 0.3) is 5.91 Å². The summed E-state index contributed by atoms with van der Waals surface area (Å²) < 4.78 is 11.6. The van der Waals surface area contributed by atoms with E-state index in [4.69, 9.17) is 21.1 Å². The summed E-state index contributed by atoms with van der Waals surface area (Å²) in [6.07, 6.45) is 3.82. The number of rotatable bonds is 10. The number of methoxy groups -OCH3 is 1. The van der Waals surface area contributed by atoms with Crippen molar-refractivity contribution in [3.63, 3.8) is 0 Å². The van der Waals surface area contributed by atoms with E-state index >= 15 is 0 Å². The zero-order chi connectivity index (χ0) is 24.3. The van der Waals surface area contributed by atoms with Crippen LogP contribution in [-0.4, -0.2) is 13.0 Å². The maximum absolute atomic E-state index is 12.6. The Morgan fingerprint density at radius 1 is 1.12 bits per heavy atom. The van der Waals surface area contributed by atoms with Gasteiger partial charge in [0, 0.05) is 17.1 Å². The number of hydrogen-bond acceptors (Lipinski definition) is 4. The average molecular weight is 473 g/mol. The van der Waals surface area contributed by atoms with E-state index in [-0.39, 0.29) is 5.57 Å². The van der Waals surface area contributed by atoms with Crippen molar-refractivity contribution in [3.8, 4) is 17.6 Å². The molecular formula is C28H25ClN2O3. The molecule has 3 aromatic carbocycles. The molecular weight excluding hydrogens is 448 g/mol. The minimum Gasteiger partial charge on any atom is -0.493 e. The number of carbonyl (C=O) groups is 1. The number of nitrogens with zero attached hydrogens (tertiary/aromatic N) is 1. The lowest BCUT2D eigenvalue weighted by Crippen LogP contribution is -2.23. The van der Waals surface area contributed by atoms with Crippen molar-refractivity contribution < 1.29 is 14.3 Å². The summed E-state index contributed by atoms with van der Waals surface area (Å²) >= 11 is 5.96. The van der Waals surface area contributed by atoms with Gasteiger partial charge in [0.15, 0.2) is 11.5 Å². The second-order valence-electron chi connectivity index (χ2n) is 7.46. The third-order valence-electron chi connectivity index (χ3n) is 5.01. The predicted molar refractivity (Wildman–Crippen MR) is 135 cm³/mol. The van der Waals surface area contributed by atoms with Gasteiger partial charge in [-0.3, -0.25) is 4.79 Å². The summed E-state index contributed by atoms with van der Waals surface area (Å²) in [5.74, 6) is 0.640. The molecule has 172 valence electrons. The molecule has 0 bridgehead atoms. The normalized spacial score (nSPS) is 10.8. The Morgan fingerprint density at radius 2 is 1.85 bits per heavy atom. The third-order valence-corrected chi connectivity index (χ3v) is 5.26. The Kier molecular flexibility index (Phi) is 8.90. The maximum Gasteiger partial charge on any atom is 0.262 e. The van der Waals surface area contributed by atoms with Gasteiger partial charge in [-0.2, -0.15) is 5.26 Å². The third kappa shape index (κ3) is 6.74. The first-order valence-corrected chi connectivity index (χ1v) is 11.0. The van der Waals surface area contributed by atoms with Crippen LogP contribution in [-0.2, 0) is 24.4 Å². The smallest absolute Gasteiger partial charge is 0.262 e. The molecule has 1 N–H and O–H groups in total. The molecule has 6 heteroatoms. The zero-order valence-electron chi connectivity index (χ0n) is 18.9. The van der Waals surface area contributed by atoms with Gasteiger partial charge in [0.2, 0.25) is 0 Å². The standard InChI is InChI=1S/C28H25ClN2O3/c1-3-7-23-14-22(15-24(17-30)28(32)31-18-20-8-5-4-6-9-20)16-26(33-2)27(23)34-19-21-10-12-25(29)13-11-21/h3-6,8-16H,1,7,18-19H2,2H3,(H,31,32)/b24-15-. The van der Waals surface area contributed by atoms with Crippen molar-refractivity contribution in [1.29, 1.82) is 5.26 Å². The molecule has 5 nitrogen and oxygen atoms in total. The SMILES string of the molecule is C=CCc1cc(/C=C(/C#N)C(=O)NCc2ccccc2)cc(OC)c1OCc1ccc(Cl)cc1. The summed E-state index contributed by atoms with van der Waals surface area (Å²) in [6.45, 7) is 4.49. The van der Waals surface area contributed by atoms with Crippen molar-refractivity contribution in [2.24, 2.45) is 0 Å². The first-order valence-electron chi connectivity index (χ1n) is 10.7. The van der Waals surface area contributed by atoms with E-state index in [1.54, 1.807) is 25.3 Å². The van der Waals surface area contributed by atoms with Gasteiger partial charge in [-0.15, -0.1) is 6.58 Å². The molecule has 0 aliphatic heterocycles. The van der Waals surface area contributed by atoms with E-state index in [9.17, 15) is 10.1 Å². The molecule has 0 radical (unpaired) electrons. The molecule has 0 aliphatic carbocycles. The molecule has 0 saturated heterocycles. The number of halogens is 1. The fourth-order valence-corrected chi connectivity index (χ4v) is 3.44. The van der Waals surface area contributed by atoms with E-state index in [0.29, 0.717) is 41.7 Å². The van der Waals surface area contributed by atoms with E-state index in [1.807, 2.05) is 66.7 Å². The van der Waals surface area contributed by atoms with Crippen molar-refractivity contribution in [2.45, 2.75) is 19.6 Å². The summed E-state index contributed by atoms with van der Waals surface area (Å²) in [5, 5.41) is 13.0. The first-order chi connectivity index (χ1) is 16.5. The number of hydrogen-bond donors (Lipinski definition) is 1. The number of nitriles is 1. The van der Waals surface area contributed by atoms with Gasteiger partial charge >= 0.3 is 0 Å². The van der Waals surface area contributed by atoms with Gasteiger partial charge in [0.1, 0.15) is 18.2 Å². The summed E-state index contributed by atoms with van der Waals surface area (Å²) in [7, 11) is 1.55. The molecule has 0 unspecified atom stereocenters. The Balaban J connectivity index is 1.83. The van der Waals surface area contributed by atoms with E-state index < -0.39 is 5.91 Å². The fourth-order valence-electron chi connectivity index (χ4n) is 3.31. The lowest BCUT2D eigenvalue weighted by Gasteiger charge is -2.16. The van der Waals surface area contributed by atoms with Crippen LogP contribution in [0.2, 0.25) is 5.02 Å². The van der Waals surface area contributed by atoms with Crippen LogP contribution in [0.1, 0.15) is 22.3 Å². The van der Waals surface area contributed by atoms with Crippen LogP contribution in [0.15, 0.2) is 85.0 Å². The Labute approximate surface area is 204 Å². The Hall–Kier alpha value is -4.01. The summed E-state index contributed by atoms with van der Waals surface area (Å²) in [6, 6.07) is 22.5. The molecule has 0 spiro atoms. The van der Waals surface area contributed by atoms with Crippen molar-refractivity contribution in [1.82, 2.24) is 5.32 Å². The van der Waals surface area contributed by atoms with Crippen molar-refractivity contribution in [2.75, 3.05) is 7.11 Å². The molecule has 0 aromatic heterocycles. The quantitative estimate of drug-likeness (QED) is 0.227. The number of benzene rings is 3. The first kappa shape index (κ1) is 24.6. The lowest BCUT2D eigenvalue weighted by molar-refractivity contribution is -0.117. The number of allylic oxidation sites excluding steroid dienone is 1. The summed E-state index contributed by atoms with van der Waals surface area (Å²) in [4.78, 5) is 12.6. The average Bonchev–Trinajstić information content (AvgIpc) is 2.86. The second-order valence-corrected chi connectivity index (χ2v) is 7.89. The number of nitrogens with one attached hydrogen (secondary N) is 1. The van der Waals surface area contributed by atoms with Crippen molar-refractivity contribution >= 4 is 23.6 Å². The van der Waals surface area contributed by atoms with Crippen LogP contribution < -0.4 is 14.8 Å². The highest BCUT2D eigenvalue weighted by Gasteiger charge is 2.15. The number of carbonyl (C=O) groups excluding carboxylic acids is 1. The zero-order valence-corrected chi connectivity index (χ0v) is 19.6. The highest BCUT2D eigenvalue weighted by atomic mass is 35.5. The van der Waals surface area contributed by atoms with Crippen LogP contribution >= 0.6 is 11.6 Å². The number of amides is 1. The van der Waals surface area contributed by atoms with Crippen LogP contribution in [0.5, 0.6) is 11.5 Å². The second kappa shape index (κ2) is 12.3. The van der Waals surface area contributed by atoms with Crippen LogP contribution in [0.25, 0.3) is 6.08 Å². The molecule has 0 atom stereocenters. The van der Waals surface area contributed by atoms with Gasteiger partial charge in [-0.25, -0.2) is 0 Å². The Bertz CT molecular complexity index is 1210. The molecule has 0 heterocycles. The molecule has 0 aliphatic rings. The van der Waals surface area contributed by atoms with E-state index in [0.717, 1.165) is 16.7 Å². The largest absolute Gasteiger partial charge is 0.493 e. The van der Waals surface area contributed by atoms with E-state index in [1.165, 1.54) is 0 Å². The molecule has 0 saturated carbocycles. The van der Waals surface area contributed by atoms with Crippen LogP contribution in [0, 0.1) is 11.3 Å². The highest BCUT2D eigenvalue weighted by Crippen LogP contribution is 2.35.